The predicted octanol–water partition coefficient (Wildman–Crippen LogP) is 3.88. The van der Waals surface area contributed by atoms with Gasteiger partial charge in [0.25, 0.3) is 5.91 Å². The maximum Gasteiger partial charge on any atom is 0.303 e. The van der Waals surface area contributed by atoms with Crippen molar-refractivity contribution in [2.45, 2.75) is 40.5 Å². The van der Waals surface area contributed by atoms with Crippen LogP contribution in [-0.2, 0) is 9.59 Å². The van der Waals surface area contributed by atoms with Gasteiger partial charge in [-0.1, -0.05) is 25.1 Å². The highest BCUT2D eigenvalue weighted by molar-refractivity contribution is 7.17. The van der Waals surface area contributed by atoms with E-state index in [0.29, 0.717) is 10.6 Å². The number of primary amides is 1. The molecular formula is C20H24N2O4S. The van der Waals surface area contributed by atoms with Crippen LogP contribution in [0.15, 0.2) is 18.2 Å². The molecule has 0 aliphatic carbocycles. The molecule has 0 saturated carbocycles. The smallest absolute Gasteiger partial charge is 0.303 e. The van der Waals surface area contributed by atoms with Crippen LogP contribution >= 0.6 is 11.3 Å². The summed E-state index contributed by atoms with van der Waals surface area (Å²) in [6, 6.07) is 5.92. The fourth-order valence-corrected chi connectivity index (χ4v) is 4.07. The van der Waals surface area contributed by atoms with Gasteiger partial charge in [-0.05, 0) is 43.4 Å². The topological polar surface area (TPSA) is 109 Å². The molecule has 0 spiro atoms. The molecule has 0 aliphatic heterocycles. The van der Waals surface area contributed by atoms with E-state index in [1.807, 2.05) is 39.0 Å². The number of nitrogens with two attached hydrogens (primary N) is 1. The van der Waals surface area contributed by atoms with Crippen LogP contribution < -0.4 is 11.1 Å². The summed E-state index contributed by atoms with van der Waals surface area (Å²) >= 11 is 1.29. The summed E-state index contributed by atoms with van der Waals surface area (Å²) in [6.07, 6.45) is -0.0338. The van der Waals surface area contributed by atoms with Crippen molar-refractivity contribution in [1.82, 2.24) is 0 Å². The minimum atomic E-state index is -0.947. The lowest BCUT2D eigenvalue weighted by atomic mass is 9.97. The average Bonchev–Trinajstić information content (AvgIpc) is 2.85. The summed E-state index contributed by atoms with van der Waals surface area (Å²) in [6.45, 7) is 7.59. The summed E-state index contributed by atoms with van der Waals surface area (Å²) < 4.78 is 0. The number of hydrogen-bond donors (Lipinski definition) is 3. The number of nitrogens with one attached hydrogen (secondary N) is 1. The Balaban J connectivity index is 2.36. The number of carbonyl (C=O) groups excluding carboxylic acids is 2. The third-order valence-corrected chi connectivity index (χ3v) is 5.46. The molecular weight excluding hydrogens is 364 g/mol. The minimum Gasteiger partial charge on any atom is -0.481 e. The lowest BCUT2D eigenvalue weighted by Crippen LogP contribution is -2.19. The first kappa shape index (κ1) is 20.6. The average molecular weight is 388 g/mol. The lowest BCUT2D eigenvalue weighted by Gasteiger charge is -2.10. The second kappa shape index (κ2) is 8.35. The molecule has 1 heterocycles. The highest BCUT2D eigenvalue weighted by Crippen LogP contribution is 2.40. The van der Waals surface area contributed by atoms with Gasteiger partial charge in [-0.25, -0.2) is 0 Å². The van der Waals surface area contributed by atoms with Gasteiger partial charge in [0, 0.05) is 23.3 Å². The monoisotopic (exact) mass is 388 g/mol. The Morgan fingerprint density at radius 2 is 1.81 bits per heavy atom. The normalized spacial score (nSPS) is 11.9. The van der Waals surface area contributed by atoms with Gasteiger partial charge in [-0.3, -0.25) is 14.4 Å². The summed E-state index contributed by atoms with van der Waals surface area (Å²) in [5.41, 5.74) is 9.75. The molecule has 144 valence electrons. The molecule has 6 nitrogen and oxygen atoms in total. The Hall–Kier alpha value is -2.67. The number of aryl methyl sites for hydroxylation is 3. The van der Waals surface area contributed by atoms with Gasteiger partial charge in [-0.2, -0.15) is 0 Å². The number of aliphatic carboxylic acids is 1. The van der Waals surface area contributed by atoms with E-state index in [2.05, 4.69) is 5.32 Å². The SMILES string of the molecule is Cc1ccc(-c2c(C)sc(NC(=O)C[C@H](C)CC(=O)O)c2C(N)=O)cc1C. The Labute approximate surface area is 162 Å². The molecule has 1 aromatic carbocycles. The second-order valence-electron chi connectivity index (χ2n) is 6.86. The quantitative estimate of drug-likeness (QED) is 0.668. The van der Waals surface area contributed by atoms with Gasteiger partial charge < -0.3 is 16.2 Å². The van der Waals surface area contributed by atoms with Gasteiger partial charge in [0.15, 0.2) is 0 Å². The third-order valence-electron chi connectivity index (χ3n) is 4.44. The van der Waals surface area contributed by atoms with Crippen molar-refractivity contribution in [3.63, 3.8) is 0 Å². The number of carboxylic acids is 1. The van der Waals surface area contributed by atoms with Gasteiger partial charge in [-0.15, -0.1) is 11.3 Å². The molecule has 27 heavy (non-hydrogen) atoms. The zero-order valence-electron chi connectivity index (χ0n) is 15.9. The van der Waals surface area contributed by atoms with Crippen LogP contribution in [0.1, 0.15) is 46.1 Å². The number of rotatable bonds is 7. The van der Waals surface area contributed by atoms with Crippen molar-refractivity contribution in [1.29, 1.82) is 0 Å². The maximum atomic E-state index is 12.3. The van der Waals surface area contributed by atoms with Crippen molar-refractivity contribution >= 4 is 34.1 Å². The van der Waals surface area contributed by atoms with Gasteiger partial charge >= 0.3 is 5.97 Å². The Bertz CT molecular complexity index is 902. The molecule has 0 aliphatic rings. The summed E-state index contributed by atoms with van der Waals surface area (Å²) in [7, 11) is 0. The summed E-state index contributed by atoms with van der Waals surface area (Å²) in [4.78, 5) is 36.0. The van der Waals surface area contributed by atoms with Crippen LogP contribution in [0.25, 0.3) is 11.1 Å². The van der Waals surface area contributed by atoms with E-state index in [-0.39, 0.29) is 24.7 Å². The van der Waals surface area contributed by atoms with Gasteiger partial charge in [0.2, 0.25) is 5.91 Å². The van der Waals surface area contributed by atoms with E-state index < -0.39 is 11.9 Å². The molecule has 2 amide bonds. The van der Waals surface area contributed by atoms with Crippen LogP contribution in [-0.4, -0.2) is 22.9 Å². The van der Waals surface area contributed by atoms with E-state index in [9.17, 15) is 14.4 Å². The Kier molecular flexibility index (Phi) is 6.38. The zero-order valence-corrected chi connectivity index (χ0v) is 16.7. The van der Waals surface area contributed by atoms with Crippen molar-refractivity contribution < 1.29 is 19.5 Å². The van der Waals surface area contributed by atoms with Crippen molar-refractivity contribution in [2.24, 2.45) is 11.7 Å². The van der Waals surface area contributed by atoms with E-state index in [0.717, 1.165) is 27.1 Å². The molecule has 2 aromatic rings. The standard InChI is InChI=1S/C20H24N2O4S/c1-10(8-16(24)25)7-15(23)22-20-18(19(21)26)17(13(4)27-20)14-6-5-11(2)12(3)9-14/h5-6,9-10H,7-8H2,1-4H3,(H2,21,26)(H,22,23)(H,24,25)/t10-/m0/s1. The molecule has 0 bridgehead atoms. The largest absolute Gasteiger partial charge is 0.481 e. The van der Waals surface area contributed by atoms with Crippen molar-refractivity contribution in [2.75, 3.05) is 5.32 Å². The lowest BCUT2D eigenvalue weighted by molar-refractivity contribution is -0.138. The van der Waals surface area contributed by atoms with E-state index in [4.69, 9.17) is 10.8 Å². The highest BCUT2D eigenvalue weighted by Gasteiger charge is 2.23. The first-order chi connectivity index (χ1) is 12.6. The molecule has 0 radical (unpaired) electrons. The molecule has 0 fully saturated rings. The number of carbonyl (C=O) groups is 3. The molecule has 1 aromatic heterocycles. The highest BCUT2D eigenvalue weighted by atomic mass is 32.1. The number of carboxylic acid groups (broad SMARTS) is 1. The predicted molar refractivity (Wildman–Crippen MR) is 107 cm³/mol. The van der Waals surface area contributed by atoms with Crippen LogP contribution in [0.2, 0.25) is 0 Å². The number of benzene rings is 1. The van der Waals surface area contributed by atoms with Crippen molar-refractivity contribution in [3.8, 4) is 11.1 Å². The minimum absolute atomic E-state index is 0.0560. The Morgan fingerprint density at radius 1 is 1.15 bits per heavy atom. The van der Waals surface area contributed by atoms with Crippen molar-refractivity contribution in [3.05, 3.63) is 39.8 Å². The van der Waals surface area contributed by atoms with Crippen LogP contribution in [0.5, 0.6) is 0 Å². The first-order valence-corrected chi connectivity index (χ1v) is 9.44. The number of hydrogen-bond acceptors (Lipinski definition) is 4. The van der Waals surface area contributed by atoms with Gasteiger partial charge in [0.05, 0.1) is 5.56 Å². The van der Waals surface area contributed by atoms with Gasteiger partial charge in [0.1, 0.15) is 5.00 Å². The Morgan fingerprint density at radius 3 is 2.37 bits per heavy atom. The number of amides is 2. The fraction of sp³-hybridized carbons (Fsp3) is 0.350. The maximum absolute atomic E-state index is 12.3. The first-order valence-electron chi connectivity index (χ1n) is 8.62. The summed E-state index contributed by atoms with van der Waals surface area (Å²) in [5.74, 6) is -2.20. The van der Waals surface area contributed by atoms with Crippen LogP contribution in [0, 0.1) is 26.7 Å². The van der Waals surface area contributed by atoms with Crippen LogP contribution in [0.4, 0.5) is 5.00 Å². The van der Waals surface area contributed by atoms with E-state index in [1.165, 1.54) is 11.3 Å². The molecule has 0 unspecified atom stereocenters. The molecule has 2 rings (SSSR count). The second-order valence-corrected chi connectivity index (χ2v) is 8.08. The van der Waals surface area contributed by atoms with Crippen LogP contribution in [0.3, 0.4) is 0 Å². The van der Waals surface area contributed by atoms with E-state index >= 15 is 0 Å². The third kappa shape index (κ3) is 4.95. The molecule has 0 saturated heterocycles. The molecule has 4 N–H and O–H groups in total. The fourth-order valence-electron chi connectivity index (χ4n) is 2.98. The summed E-state index contributed by atoms with van der Waals surface area (Å²) in [5, 5.41) is 12.0. The molecule has 1 atom stereocenters. The number of thiophene rings is 1. The van der Waals surface area contributed by atoms with E-state index in [1.54, 1.807) is 6.92 Å². The molecule has 7 heteroatoms. The number of anilines is 1. The zero-order chi connectivity index (χ0) is 20.3.